The Morgan fingerprint density at radius 3 is 2.54 bits per heavy atom. The van der Waals surface area contributed by atoms with Gasteiger partial charge in [-0.2, -0.15) is 0 Å². The molecule has 0 saturated carbocycles. The Morgan fingerprint density at radius 2 is 1.86 bits per heavy atom. The second kappa shape index (κ2) is 10.9. The molecule has 0 aliphatic carbocycles. The molecule has 0 unspecified atom stereocenters. The van der Waals surface area contributed by atoms with Gasteiger partial charge in [0.25, 0.3) is 10.9 Å². The van der Waals surface area contributed by atoms with Crippen LogP contribution < -0.4 is 4.74 Å². The van der Waals surface area contributed by atoms with E-state index in [2.05, 4.69) is 10.2 Å². The van der Waals surface area contributed by atoms with Crippen LogP contribution in [0.15, 0.2) is 87.3 Å². The minimum Gasteiger partial charge on any atom is -0.489 e. The first-order chi connectivity index (χ1) is 16.9. The number of carboxylic acid groups (broad SMARTS) is 1. The van der Waals surface area contributed by atoms with Gasteiger partial charge >= 0.3 is 5.97 Å². The van der Waals surface area contributed by atoms with Gasteiger partial charge in [-0.25, -0.2) is 4.79 Å². The largest absolute Gasteiger partial charge is 0.489 e. The molecule has 4 aromatic rings. The number of aliphatic carboxylic acids is 1. The molecule has 0 fully saturated rings. The van der Waals surface area contributed by atoms with Crippen molar-refractivity contribution in [3.63, 3.8) is 0 Å². The number of nitrogens with zero attached hydrogens (tertiary/aromatic N) is 3. The average molecular weight is 510 g/mol. The van der Waals surface area contributed by atoms with Gasteiger partial charge in [-0.1, -0.05) is 23.7 Å². The number of carbonyl (C=O) groups is 1. The van der Waals surface area contributed by atoms with Gasteiger partial charge in [-0.3, -0.25) is 10.1 Å². The fourth-order valence-electron chi connectivity index (χ4n) is 2.92. The molecule has 9 nitrogen and oxygen atoms in total. The van der Waals surface area contributed by atoms with Crippen LogP contribution in [0.4, 0.5) is 5.69 Å². The summed E-state index contributed by atoms with van der Waals surface area (Å²) >= 11 is 6.72. The summed E-state index contributed by atoms with van der Waals surface area (Å²) in [5.41, 5.74) is 2.01. The van der Waals surface area contributed by atoms with Gasteiger partial charge < -0.3 is 14.3 Å². The Morgan fingerprint density at radius 1 is 1.11 bits per heavy atom. The first-order valence-electron chi connectivity index (χ1n) is 10.1. The molecule has 11 heteroatoms. The lowest BCUT2D eigenvalue weighted by atomic mass is 10.2. The molecule has 0 aliphatic heterocycles. The Kier molecular flexibility index (Phi) is 7.44. The van der Waals surface area contributed by atoms with E-state index in [-0.39, 0.29) is 28.3 Å². The van der Waals surface area contributed by atoms with Gasteiger partial charge in [0, 0.05) is 22.7 Å². The average Bonchev–Trinajstić information content (AvgIpc) is 3.32. The summed E-state index contributed by atoms with van der Waals surface area (Å²) in [6, 6.07) is 19.7. The van der Waals surface area contributed by atoms with Gasteiger partial charge in [-0.15, -0.1) is 10.2 Å². The van der Waals surface area contributed by atoms with Crippen LogP contribution >= 0.6 is 23.4 Å². The highest BCUT2D eigenvalue weighted by Gasteiger charge is 2.16. The maximum Gasteiger partial charge on any atom is 0.342 e. The number of aromatic nitrogens is 2. The maximum absolute atomic E-state index is 11.8. The lowest BCUT2D eigenvalue weighted by molar-refractivity contribution is -0.384. The number of thioether (sulfide) groups is 1. The van der Waals surface area contributed by atoms with E-state index in [1.54, 1.807) is 60.7 Å². The third-order valence-corrected chi connectivity index (χ3v) is 5.72. The lowest BCUT2D eigenvalue weighted by Gasteiger charge is -2.07. The van der Waals surface area contributed by atoms with Crippen molar-refractivity contribution in [1.29, 1.82) is 0 Å². The summed E-state index contributed by atoms with van der Waals surface area (Å²) in [6.45, 7) is 0.196. The minimum absolute atomic E-state index is 0.00104. The van der Waals surface area contributed by atoms with Crippen molar-refractivity contribution in [3.05, 3.63) is 104 Å². The topological polar surface area (TPSA) is 129 Å². The molecule has 1 heterocycles. The van der Waals surface area contributed by atoms with Crippen molar-refractivity contribution in [2.24, 2.45) is 0 Å². The fraction of sp³-hybridized carbons (Fsp3) is 0.0417. The van der Waals surface area contributed by atoms with Crippen LogP contribution in [0.1, 0.15) is 11.1 Å². The molecule has 4 rings (SSSR count). The first-order valence-corrected chi connectivity index (χ1v) is 11.3. The number of hydrogen-bond acceptors (Lipinski definition) is 8. The number of benzene rings is 3. The molecule has 0 radical (unpaired) electrons. The standard InChI is InChI=1S/C24H16ClN3O6S/c25-18-8-6-17(7-9-18)22-26-27-24(34-22)35-21(23(29)30)13-16-2-1-3-20(12-16)33-14-15-4-10-19(11-5-15)28(31)32/h1-13H,14H2,(H,29,30)/b21-13-. The summed E-state index contributed by atoms with van der Waals surface area (Å²) in [5, 5.41) is 28.9. The number of carboxylic acids is 1. The maximum atomic E-state index is 11.8. The predicted molar refractivity (Wildman–Crippen MR) is 130 cm³/mol. The van der Waals surface area contributed by atoms with Gasteiger partial charge in [0.2, 0.25) is 5.89 Å². The molecule has 1 N–H and O–H groups in total. The molecule has 35 heavy (non-hydrogen) atoms. The number of nitro groups is 1. The zero-order valence-corrected chi connectivity index (χ0v) is 19.4. The molecular weight excluding hydrogens is 494 g/mol. The molecule has 176 valence electrons. The molecule has 0 aliphatic rings. The third kappa shape index (κ3) is 6.46. The van der Waals surface area contributed by atoms with Gasteiger partial charge in [0.1, 0.15) is 17.3 Å². The predicted octanol–water partition coefficient (Wildman–Crippen LogP) is 6.10. The highest BCUT2D eigenvalue weighted by Crippen LogP contribution is 2.31. The Hall–Kier alpha value is -4.15. The van der Waals surface area contributed by atoms with E-state index in [4.69, 9.17) is 20.8 Å². The van der Waals surface area contributed by atoms with E-state index in [1.807, 2.05) is 0 Å². The first kappa shape index (κ1) is 24.0. The summed E-state index contributed by atoms with van der Waals surface area (Å²) in [6.07, 6.45) is 1.47. The van der Waals surface area contributed by atoms with Crippen LogP contribution in [0.25, 0.3) is 17.5 Å². The second-order valence-electron chi connectivity index (χ2n) is 7.08. The molecule has 0 bridgehead atoms. The number of nitro benzene ring substituents is 1. The molecular formula is C24H16ClN3O6S. The van der Waals surface area contributed by atoms with Gasteiger partial charge in [0.05, 0.1) is 4.92 Å². The summed E-state index contributed by atoms with van der Waals surface area (Å²) in [4.78, 5) is 22.1. The van der Waals surface area contributed by atoms with E-state index in [1.165, 1.54) is 18.2 Å². The zero-order chi connectivity index (χ0) is 24.8. The smallest absolute Gasteiger partial charge is 0.342 e. The van der Waals surface area contributed by atoms with E-state index in [0.29, 0.717) is 21.9 Å². The molecule has 0 spiro atoms. The van der Waals surface area contributed by atoms with Crippen molar-refractivity contribution in [3.8, 4) is 17.2 Å². The molecule has 3 aromatic carbocycles. The number of ether oxygens (including phenoxy) is 1. The molecule has 0 amide bonds. The Labute approximate surface area is 208 Å². The van der Waals surface area contributed by atoms with E-state index in [0.717, 1.165) is 17.3 Å². The highest BCUT2D eigenvalue weighted by atomic mass is 35.5. The van der Waals surface area contributed by atoms with E-state index < -0.39 is 10.9 Å². The van der Waals surface area contributed by atoms with Crippen molar-refractivity contribution in [1.82, 2.24) is 10.2 Å². The van der Waals surface area contributed by atoms with Gasteiger partial charge in [-0.05, 0) is 77.5 Å². The molecule has 1 aromatic heterocycles. The monoisotopic (exact) mass is 509 g/mol. The van der Waals surface area contributed by atoms with E-state index >= 15 is 0 Å². The number of halogens is 1. The molecule has 0 atom stereocenters. The van der Waals surface area contributed by atoms with E-state index in [9.17, 15) is 20.0 Å². The van der Waals surface area contributed by atoms with Crippen LogP contribution in [0, 0.1) is 10.1 Å². The number of non-ortho nitro benzene ring substituents is 1. The summed E-state index contributed by atoms with van der Waals surface area (Å²) in [5.74, 6) is -0.399. The van der Waals surface area contributed by atoms with Crippen molar-refractivity contribution in [2.45, 2.75) is 11.8 Å². The Bertz CT molecular complexity index is 1390. The van der Waals surface area contributed by atoms with Crippen LogP contribution in [-0.4, -0.2) is 26.2 Å². The van der Waals surface area contributed by atoms with Crippen LogP contribution in [0.3, 0.4) is 0 Å². The fourth-order valence-corrected chi connectivity index (χ4v) is 3.71. The van der Waals surface area contributed by atoms with Crippen molar-refractivity contribution >= 4 is 41.1 Å². The van der Waals surface area contributed by atoms with Gasteiger partial charge in [0.15, 0.2) is 0 Å². The lowest BCUT2D eigenvalue weighted by Crippen LogP contribution is -1.98. The van der Waals surface area contributed by atoms with Crippen LogP contribution in [0.2, 0.25) is 5.02 Å². The zero-order valence-electron chi connectivity index (χ0n) is 17.8. The Balaban J connectivity index is 1.46. The summed E-state index contributed by atoms with van der Waals surface area (Å²) in [7, 11) is 0. The number of hydrogen-bond donors (Lipinski definition) is 1. The highest BCUT2D eigenvalue weighted by molar-refractivity contribution is 8.03. The number of rotatable bonds is 9. The normalized spacial score (nSPS) is 11.3. The summed E-state index contributed by atoms with van der Waals surface area (Å²) < 4.78 is 11.3. The third-order valence-electron chi connectivity index (χ3n) is 4.61. The quantitative estimate of drug-likeness (QED) is 0.123. The SMILES string of the molecule is O=C(O)/C(=C/c1cccc(OCc2ccc([N+](=O)[O-])cc2)c1)Sc1nnc(-c2ccc(Cl)cc2)o1. The van der Waals surface area contributed by atoms with Crippen molar-refractivity contribution in [2.75, 3.05) is 0 Å². The van der Waals surface area contributed by atoms with Crippen molar-refractivity contribution < 1.29 is 24.0 Å². The molecule has 0 saturated heterocycles. The second-order valence-corrected chi connectivity index (χ2v) is 8.51. The minimum atomic E-state index is -1.15. The van der Waals surface area contributed by atoms with Crippen LogP contribution in [0.5, 0.6) is 5.75 Å². The van der Waals surface area contributed by atoms with Crippen LogP contribution in [-0.2, 0) is 11.4 Å².